The number of aliphatic hydroxyl groups excluding tert-OH is 1. The van der Waals surface area contributed by atoms with Gasteiger partial charge in [-0.2, -0.15) is 5.26 Å². The van der Waals surface area contributed by atoms with E-state index in [1.165, 1.54) is 0 Å². The van der Waals surface area contributed by atoms with Crippen LogP contribution in [0.1, 0.15) is 0 Å². The van der Waals surface area contributed by atoms with Crippen LogP contribution in [0.25, 0.3) is 0 Å². The third-order valence-corrected chi connectivity index (χ3v) is 0. The Kier molecular flexibility index (Phi) is 142. The van der Waals surface area contributed by atoms with Crippen LogP contribution >= 0.6 is 0 Å². The fourth-order valence-corrected chi connectivity index (χ4v) is 0. The van der Waals surface area contributed by atoms with Crippen LogP contribution in [-0.4, -0.2) is 56.5 Å². The zero-order valence-corrected chi connectivity index (χ0v) is 2.42. The maximum absolute atomic E-state index is 6.88. The molecule has 0 atom stereocenters. The Morgan fingerprint density at radius 1 is 1.50 bits per heavy atom. The molecule has 0 aliphatic heterocycles. The second-order valence-corrected chi connectivity index (χ2v) is 0.100. The van der Waals surface area contributed by atoms with Crippen LogP contribution in [-0.2, 0) is 0 Å². The van der Waals surface area contributed by atoms with Crippen LogP contribution in [0.5, 0.6) is 0 Å². The SMILES string of the molecule is C#N.N#CO.[KH]. The molecule has 0 aliphatic rings. The van der Waals surface area contributed by atoms with E-state index in [9.17, 15) is 0 Å². The third-order valence-electron chi connectivity index (χ3n) is 0. The Morgan fingerprint density at radius 2 is 1.50 bits per heavy atom. The zero-order chi connectivity index (χ0) is 4.71. The summed E-state index contributed by atoms with van der Waals surface area (Å²) in [4.78, 5) is 0. The van der Waals surface area contributed by atoms with E-state index in [4.69, 9.17) is 15.6 Å². The molecule has 0 radical (unpaired) electrons. The van der Waals surface area contributed by atoms with Gasteiger partial charge in [0, 0.05) is 6.57 Å². The standard InChI is InChI=1S/CHNO.CHN.K.H/c2-1-3;1-2;;/h3H;1H;;. The summed E-state index contributed by atoms with van der Waals surface area (Å²) >= 11 is 0. The molecule has 0 bridgehead atoms. The maximum atomic E-state index is 6.88. The minimum absolute atomic E-state index is 0. The van der Waals surface area contributed by atoms with Gasteiger partial charge in [-0.3, -0.25) is 0 Å². The summed E-state index contributed by atoms with van der Waals surface area (Å²) in [5, 5.41) is 20.2. The predicted molar refractivity (Wildman–Crippen MR) is 21.4 cm³/mol. The quantitative estimate of drug-likeness (QED) is 0.332. The summed E-state index contributed by atoms with van der Waals surface area (Å²) in [7, 11) is 0. The van der Waals surface area contributed by atoms with Gasteiger partial charge in [0.25, 0.3) is 6.26 Å². The van der Waals surface area contributed by atoms with Gasteiger partial charge in [-0.15, -0.1) is 0 Å². The van der Waals surface area contributed by atoms with Crippen LogP contribution in [0.4, 0.5) is 0 Å². The van der Waals surface area contributed by atoms with Gasteiger partial charge >= 0.3 is 51.4 Å². The van der Waals surface area contributed by atoms with Gasteiger partial charge in [0.05, 0.1) is 0 Å². The minimum atomic E-state index is 0. The molecule has 4 heteroatoms. The first-order chi connectivity index (χ1) is 2.41. The molecule has 0 aromatic carbocycles. The van der Waals surface area contributed by atoms with E-state index in [0.29, 0.717) is 0 Å². The molecule has 0 fully saturated rings. The normalized spacial score (nSPS) is 1.50. The Hall–Kier alpha value is 0.416. The van der Waals surface area contributed by atoms with Crippen molar-refractivity contribution in [2.45, 2.75) is 0 Å². The van der Waals surface area contributed by atoms with E-state index in [1.807, 2.05) is 0 Å². The van der Waals surface area contributed by atoms with Gasteiger partial charge in [0.2, 0.25) is 0 Å². The van der Waals surface area contributed by atoms with Crippen molar-refractivity contribution in [2.24, 2.45) is 0 Å². The Labute approximate surface area is 78.6 Å². The zero-order valence-electron chi connectivity index (χ0n) is 2.42. The summed E-state index contributed by atoms with van der Waals surface area (Å²) in [5.41, 5.74) is 0. The first-order valence-electron chi connectivity index (χ1n) is 0.705. The average molecular weight is 110 g/mol. The van der Waals surface area contributed by atoms with Gasteiger partial charge in [0.1, 0.15) is 0 Å². The predicted octanol–water partition coefficient (Wildman–Crippen LogP) is -0.669. The molecular weight excluding hydrogens is 107 g/mol. The van der Waals surface area contributed by atoms with E-state index in [0.717, 1.165) is 6.26 Å². The van der Waals surface area contributed by atoms with Gasteiger partial charge in [-0.05, 0) is 0 Å². The molecule has 0 spiro atoms. The van der Waals surface area contributed by atoms with E-state index in [1.54, 1.807) is 0 Å². The van der Waals surface area contributed by atoms with Crippen molar-refractivity contribution in [3.8, 4) is 12.8 Å². The summed E-state index contributed by atoms with van der Waals surface area (Å²) < 4.78 is 0. The Balaban J connectivity index is -0.0000000275. The monoisotopic (exact) mass is 110 g/mol. The number of nitrogens with zero attached hydrogens (tertiary/aromatic N) is 2. The molecule has 28 valence electrons. The van der Waals surface area contributed by atoms with Crippen molar-refractivity contribution in [3.63, 3.8) is 0 Å². The van der Waals surface area contributed by atoms with E-state index in [-0.39, 0.29) is 51.4 Å². The molecule has 6 heavy (non-hydrogen) atoms. The fraction of sp³-hybridized carbons (Fsp3) is 0. The Bertz CT molecular complexity index is 54.3. The number of aliphatic hydroxyl groups is 1. The van der Waals surface area contributed by atoms with Crippen LogP contribution in [0, 0.1) is 23.4 Å². The van der Waals surface area contributed by atoms with Crippen molar-refractivity contribution >= 4 is 51.4 Å². The molecular formula is C2H3KN2O. The number of rotatable bonds is 0. The number of hydrogen-bond acceptors (Lipinski definition) is 3. The first-order valence-corrected chi connectivity index (χ1v) is 0.705. The van der Waals surface area contributed by atoms with E-state index >= 15 is 0 Å². The molecule has 0 amide bonds. The molecule has 0 saturated heterocycles. The van der Waals surface area contributed by atoms with Crippen molar-refractivity contribution in [2.75, 3.05) is 0 Å². The van der Waals surface area contributed by atoms with E-state index < -0.39 is 0 Å². The first kappa shape index (κ1) is 16.1. The summed E-state index contributed by atoms with van der Waals surface area (Å²) in [6.07, 6.45) is 0.750. The summed E-state index contributed by atoms with van der Waals surface area (Å²) in [5.74, 6) is 0. The Morgan fingerprint density at radius 3 is 1.50 bits per heavy atom. The van der Waals surface area contributed by atoms with Gasteiger partial charge < -0.3 is 5.11 Å². The molecule has 1 N–H and O–H groups in total. The van der Waals surface area contributed by atoms with Crippen LogP contribution in [0.3, 0.4) is 0 Å². The van der Waals surface area contributed by atoms with E-state index in [2.05, 4.69) is 6.57 Å². The molecule has 0 rings (SSSR count). The van der Waals surface area contributed by atoms with Crippen LogP contribution in [0.15, 0.2) is 0 Å². The van der Waals surface area contributed by atoms with Crippen molar-refractivity contribution in [1.29, 1.82) is 10.5 Å². The van der Waals surface area contributed by atoms with Crippen molar-refractivity contribution < 1.29 is 5.11 Å². The molecule has 0 unspecified atom stereocenters. The van der Waals surface area contributed by atoms with Crippen molar-refractivity contribution in [3.05, 3.63) is 0 Å². The molecule has 0 heterocycles. The molecule has 0 saturated carbocycles. The third kappa shape index (κ3) is 297. The molecule has 0 aromatic heterocycles. The number of hydrogen-bond donors (Lipinski definition) is 1. The summed E-state index contributed by atoms with van der Waals surface area (Å²) in [6.45, 7) is 3.50. The molecule has 0 aromatic rings. The second kappa shape index (κ2) is 52.7. The fourth-order valence-electron chi connectivity index (χ4n) is 0. The topological polar surface area (TPSA) is 67.8 Å². The van der Waals surface area contributed by atoms with Gasteiger partial charge in [-0.1, -0.05) is 0 Å². The van der Waals surface area contributed by atoms with Crippen LogP contribution < -0.4 is 0 Å². The second-order valence-electron chi connectivity index (χ2n) is 0.100. The van der Waals surface area contributed by atoms with Gasteiger partial charge in [0.15, 0.2) is 0 Å². The molecule has 3 nitrogen and oxygen atoms in total. The number of nitriles is 2. The summed E-state index contributed by atoms with van der Waals surface area (Å²) in [6, 6.07) is 0. The van der Waals surface area contributed by atoms with Gasteiger partial charge in [-0.25, -0.2) is 5.26 Å². The van der Waals surface area contributed by atoms with Crippen molar-refractivity contribution in [1.82, 2.24) is 0 Å². The molecule has 0 aliphatic carbocycles. The average Bonchev–Trinajstić information content (AvgIpc) is 1.46. The van der Waals surface area contributed by atoms with Crippen LogP contribution in [0.2, 0.25) is 0 Å².